The van der Waals surface area contributed by atoms with Crippen molar-refractivity contribution in [2.24, 2.45) is 0 Å². The van der Waals surface area contributed by atoms with Crippen molar-refractivity contribution in [3.63, 3.8) is 0 Å². The summed E-state index contributed by atoms with van der Waals surface area (Å²) in [7, 11) is 0. The summed E-state index contributed by atoms with van der Waals surface area (Å²) in [5.74, 6) is 0.128. The molecule has 1 atom stereocenters. The van der Waals surface area contributed by atoms with Crippen molar-refractivity contribution in [3.05, 3.63) is 35.9 Å². The van der Waals surface area contributed by atoms with Crippen LogP contribution in [-0.4, -0.2) is 47.3 Å². The molecular weight excluding hydrogens is 284 g/mol. The third kappa shape index (κ3) is 4.72. The molecule has 0 N–H and O–H groups in total. The smallest absolute Gasteiger partial charge is 0.237 e. The Bertz CT molecular complexity index is 438. The Morgan fingerprint density at radius 3 is 2.76 bits per heavy atom. The number of nitrogens with zero attached hydrogens (tertiary/aromatic N) is 2. The van der Waals surface area contributed by atoms with E-state index in [-0.39, 0.29) is 11.8 Å². The number of carbonyl (C=O) groups is 1. The summed E-state index contributed by atoms with van der Waals surface area (Å²) in [6.07, 6.45) is 3.67. The van der Waals surface area contributed by atoms with Gasteiger partial charge in [0.15, 0.2) is 0 Å². The number of carbonyl (C=O) groups excluding carboxylic acids is 1. The summed E-state index contributed by atoms with van der Waals surface area (Å²) < 4.78 is 0. The quantitative estimate of drug-likeness (QED) is 0.754. The molecule has 1 unspecified atom stereocenters. The van der Waals surface area contributed by atoms with Gasteiger partial charge in [-0.3, -0.25) is 9.69 Å². The predicted octanol–water partition coefficient (Wildman–Crippen LogP) is 3.13. The van der Waals surface area contributed by atoms with Gasteiger partial charge in [0, 0.05) is 25.7 Å². The average Bonchev–Trinajstić information content (AvgIpc) is 2.54. The van der Waals surface area contributed by atoms with E-state index in [0.29, 0.717) is 6.04 Å². The van der Waals surface area contributed by atoms with Crippen LogP contribution in [0.15, 0.2) is 30.3 Å². The van der Waals surface area contributed by atoms with Crippen LogP contribution in [0, 0.1) is 0 Å². The summed E-state index contributed by atoms with van der Waals surface area (Å²) in [6, 6.07) is 11.0. The monoisotopic (exact) mass is 308 g/mol. The summed E-state index contributed by atoms with van der Waals surface area (Å²) in [5, 5.41) is 0. The lowest BCUT2D eigenvalue weighted by atomic mass is 10.0. The van der Waals surface area contributed by atoms with Crippen molar-refractivity contribution in [1.82, 2.24) is 9.80 Å². The number of piperidine rings is 1. The fourth-order valence-corrected chi connectivity index (χ4v) is 3.21. The molecule has 0 spiro atoms. The van der Waals surface area contributed by atoms with Gasteiger partial charge in [-0.2, -0.15) is 0 Å². The molecule has 1 aromatic rings. The second-order valence-electron chi connectivity index (χ2n) is 5.67. The molecule has 0 aliphatic carbocycles. The lowest BCUT2D eigenvalue weighted by Gasteiger charge is -2.38. The third-order valence-corrected chi connectivity index (χ3v) is 4.49. The fraction of sp³-hybridized carbons (Fsp3) is 0.588. The Balaban J connectivity index is 1.99. The van der Waals surface area contributed by atoms with E-state index < -0.39 is 0 Å². The normalized spacial score (nSPS) is 19.4. The molecule has 2 rings (SSSR count). The minimum Gasteiger partial charge on any atom is -0.340 e. The molecule has 1 aliphatic rings. The molecule has 0 aromatic heterocycles. The van der Waals surface area contributed by atoms with E-state index in [2.05, 4.69) is 35.2 Å². The number of halogens is 1. The van der Waals surface area contributed by atoms with Crippen LogP contribution in [0.5, 0.6) is 0 Å². The van der Waals surface area contributed by atoms with E-state index in [1.807, 2.05) is 11.8 Å². The number of amides is 1. The summed E-state index contributed by atoms with van der Waals surface area (Å²) in [5.41, 5.74) is 1.34. The molecule has 1 heterocycles. The van der Waals surface area contributed by atoms with Gasteiger partial charge in [-0.15, -0.1) is 11.6 Å². The first kappa shape index (κ1) is 16.3. The van der Waals surface area contributed by atoms with Gasteiger partial charge in [0.25, 0.3) is 0 Å². The molecule has 1 aliphatic heterocycles. The first-order valence-corrected chi connectivity index (χ1v) is 8.39. The van der Waals surface area contributed by atoms with Crippen LogP contribution >= 0.6 is 11.6 Å². The molecular formula is C17H25ClN2O. The number of hydrogen-bond donors (Lipinski definition) is 0. The predicted molar refractivity (Wildman–Crippen MR) is 87.5 cm³/mol. The van der Waals surface area contributed by atoms with Gasteiger partial charge in [-0.25, -0.2) is 0 Å². The molecule has 0 bridgehead atoms. The minimum atomic E-state index is 0.0457. The van der Waals surface area contributed by atoms with Gasteiger partial charge in [0.2, 0.25) is 5.91 Å². The van der Waals surface area contributed by atoms with Crippen LogP contribution < -0.4 is 0 Å². The number of likely N-dealkylation sites (N-methyl/N-ethyl adjacent to an activating group) is 1. The highest BCUT2D eigenvalue weighted by Gasteiger charge is 2.25. The standard InChI is InChI=1S/C17H25ClN2O/c1-2-19(17(21)12-18)14-16-10-6-7-11-20(16)13-15-8-4-3-5-9-15/h3-5,8-9,16H,2,6-7,10-14H2,1H3. The largest absolute Gasteiger partial charge is 0.340 e. The van der Waals surface area contributed by atoms with E-state index >= 15 is 0 Å². The number of likely N-dealkylation sites (tertiary alicyclic amines) is 1. The number of hydrogen-bond acceptors (Lipinski definition) is 2. The van der Waals surface area contributed by atoms with Gasteiger partial charge in [0.05, 0.1) is 0 Å². The molecule has 0 radical (unpaired) electrons. The van der Waals surface area contributed by atoms with Crippen LogP contribution in [0.25, 0.3) is 0 Å². The van der Waals surface area contributed by atoms with E-state index in [0.717, 1.165) is 26.2 Å². The zero-order valence-corrected chi connectivity index (χ0v) is 13.6. The topological polar surface area (TPSA) is 23.6 Å². The summed E-state index contributed by atoms with van der Waals surface area (Å²) in [6.45, 7) is 5.65. The SMILES string of the molecule is CCN(CC1CCCCN1Cc1ccccc1)C(=O)CCl. The second kappa shape index (κ2) is 8.40. The molecule has 4 heteroatoms. The first-order valence-electron chi connectivity index (χ1n) is 7.86. The van der Waals surface area contributed by atoms with Crippen molar-refractivity contribution in [2.75, 3.05) is 25.5 Å². The lowest BCUT2D eigenvalue weighted by Crippen LogP contribution is -2.48. The maximum Gasteiger partial charge on any atom is 0.237 e. The van der Waals surface area contributed by atoms with Crippen molar-refractivity contribution < 1.29 is 4.79 Å². The fourth-order valence-electron chi connectivity index (χ4n) is 3.04. The maximum absolute atomic E-state index is 11.9. The van der Waals surface area contributed by atoms with Crippen molar-refractivity contribution in [1.29, 1.82) is 0 Å². The van der Waals surface area contributed by atoms with E-state index in [4.69, 9.17) is 11.6 Å². The molecule has 1 aromatic carbocycles. The molecule has 1 amide bonds. The van der Waals surface area contributed by atoms with Crippen LogP contribution in [0.2, 0.25) is 0 Å². The Hall–Kier alpha value is -1.06. The van der Waals surface area contributed by atoms with Gasteiger partial charge in [0.1, 0.15) is 5.88 Å². The van der Waals surface area contributed by atoms with Crippen LogP contribution in [0.1, 0.15) is 31.7 Å². The summed E-state index contributed by atoms with van der Waals surface area (Å²) >= 11 is 5.70. The van der Waals surface area contributed by atoms with E-state index in [1.54, 1.807) is 0 Å². The van der Waals surface area contributed by atoms with Crippen LogP contribution in [-0.2, 0) is 11.3 Å². The first-order chi connectivity index (χ1) is 10.2. The highest BCUT2D eigenvalue weighted by atomic mass is 35.5. The Labute approximate surface area is 132 Å². The van der Waals surface area contributed by atoms with Gasteiger partial charge in [-0.1, -0.05) is 36.8 Å². The molecule has 116 valence electrons. The average molecular weight is 309 g/mol. The molecule has 3 nitrogen and oxygen atoms in total. The molecule has 1 saturated heterocycles. The molecule has 1 fully saturated rings. The van der Waals surface area contributed by atoms with E-state index in [9.17, 15) is 4.79 Å². The summed E-state index contributed by atoms with van der Waals surface area (Å²) in [4.78, 5) is 16.3. The van der Waals surface area contributed by atoms with Gasteiger partial charge < -0.3 is 4.90 Å². The highest BCUT2D eigenvalue weighted by Crippen LogP contribution is 2.20. The lowest BCUT2D eigenvalue weighted by molar-refractivity contribution is -0.129. The molecule has 0 saturated carbocycles. The van der Waals surface area contributed by atoms with Crippen molar-refractivity contribution >= 4 is 17.5 Å². The van der Waals surface area contributed by atoms with Crippen molar-refractivity contribution in [3.8, 4) is 0 Å². The van der Waals surface area contributed by atoms with Crippen LogP contribution in [0.3, 0.4) is 0 Å². The van der Waals surface area contributed by atoms with Gasteiger partial charge in [-0.05, 0) is 31.9 Å². The molecule has 21 heavy (non-hydrogen) atoms. The Kier molecular flexibility index (Phi) is 6.52. The maximum atomic E-state index is 11.9. The zero-order valence-electron chi connectivity index (χ0n) is 12.8. The number of benzene rings is 1. The Morgan fingerprint density at radius 2 is 2.10 bits per heavy atom. The second-order valence-corrected chi connectivity index (χ2v) is 5.94. The van der Waals surface area contributed by atoms with E-state index in [1.165, 1.54) is 24.8 Å². The number of alkyl halides is 1. The van der Waals surface area contributed by atoms with Crippen LogP contribution in [0.4, 0.5) is 0 Å². The zero-order chi connectivity index (χ0) is 15.1. The Morgan fingerprint density at radius 1 is 1.33 bits per heavy atom. The minimum absolute atomic E-state index is 0.0457. The highest BCUT2D eigenvalue weighted by molar-refractivity contribution is 6.27. The third-order valence-electron chi connectivity index (χ3n) is 4.26. The van der Waals surface area contributed by atoms with Crippen molar-refractivity contribution in [2.45, 2.75) is 38.8 Å². The van der Waals surface area contributed by atoms with Gasteiger partial charge >= 0.3 is 0 Å². The number of rotatable bonds is 6.